The third-order valence-corrected chi connectivity index (χ3v) is 5.89. The zero-order valence-electron chi connectivity index (χ0n) is 18.3. The molecule has 0 bridgehead atoms. The van der Waals surface area contributed by atoms with Crippen molar-refractivity contribution in [2.75, 3.05) is 7.11 Å². The summed E-state index contributed by atoms with van der Waals surface area (Å²) in [6, 6.07) is 3.55. The predicted molar refractivity (Wildman–Crippen MR) is 109 cm³/mol. The van der Waals surface area contributed by atoms with E-state index in [4.69, 9.17) is 13.9 Å². The lowest BCUT2D eigenvalue weighted by molar-refractivity contribution is -0.151. The highest BCUT2D eigenvalue weighted by molar-refractivity contribution is 6.12. The highest BCUT2D eigenvalue weighted by Gasteiger charge is 2.48. The fourth-order valence-electron chi connectivity index (χ4n) is 4.17. The number of nitrogens with one attached hydrogen (secondary N) is 1. The number of methoxy groups -OCH3 is 1. The number of hydrogen-bond acceptors (Lipinski definition) is 7. The van der Waals surface area contributed by atoms with Gasteiger partial charge in [0.15, 0.2) is 5.78 Å². The Kier molecular flexibility index (Phi) is 6.19. The van der Waals surface area contributed by atoms with Gasteiger partial charge in [0.1, 0.15) is 17.4 Å². The molecule has 1 N–H and O–H groups in total. The number of ether oxygens (including phenoxy) is 2. The van der Waals surface area contributed by atoms with Crippen LogP contribution < -0.4 is 5.32 Å². The Morgan fingerprint density at radius 1 is 1.30 bits per heavy atom. The smallest absolute Gasteiger partial charge is 0.337 e. The maximum Gasteiger partial charge on any atom is 0.337 e. The summed E-state index contributed by atoms with van der Waals surface area (Å²) >= 11 is 0. The van der Waals surface area contributed by atoms with Gasteiger partial charge in [0.05, 0.1) is 24.7 Å². The normalized spacial score (nSPS) is 24.9. The number of ketones is 1. The topological polar surface area (TPSA) is 94.8 Å². The lowest BCUT2D eigenvalue weighted by Gasteiger charge is -2.37. The van der Waals surface area contributed by atoms with Crippen LogP contribution in [0.1, 0.15) is 58.0 Å². The summed E-state index contributed by atoms with van der Waals surface area (Å²) in [6.45, 7) is 9.19. The van der Waals surface area contributed by atoms with Crippen LogP contribution in [0, 0.1) is 18.8 Å². The molecule has 0 aromatic carbocycles. The van der Waals surface area contributed by atoms with E-state index in [9.17, 15) is 14.4 Å². The SMILES string of the molecule is CC[C@H](C)OC(=O)C1=C(C)NC2=C(C(=O)[C@H](C(=O)OC)[C@@H](C)C2)[C@H]1c1ccc(C)o1. The first kappa shape index (κ1) is 21.9. The molecular weight excluding hydrogens is 386 g/mol. The second kappa shape index (κ2) is 8.50. The molecule has 3 rings (SSSR count). The monoisotopic (exact) mass is 415 g/mol. The predicted octanol–water partition coefficient (Wildman–Crippen LogP) is 3.54. The lowest BCUT2D eigenvalue weighted by Crippen LogP contribution is -2.43. The van der Waals surface area contributed by atoms with Crippen LogP contribution >= 0.6 is 0 Å². The van der Waals surface area contributed by atoms with Gasteiger partial charge in [-0.3, -0.25) is 9.59 Å². The van der Waals surface area contributed by atoms with Crippen LogP contribution in [0.4, 0.5) is 0 Å². The number of hydrogen-bond donors (Lipinski definition) is 1. The summed E-state index contributed by atoms with van der Waals surface area (Å²) < 4.78 is 16.3. The van der Waals surface area contributed by atoms with Crippen molar-refractivity contribution >= 4 is 17.7 Å². The Morgan fingerprint density at radius 2 is 2.00 bits per heavy atom. The molecule has 0 saturated heterocycles. The van der Waals surface area contributed by atoms with Gasteiger partial charge in [0.25, 0.3) is 0 Å². The van der Waals surface area contributed by atoms with E-state index in [0.29, 0.717) is 46.9 Å². The zero-order valence-corrected chi connectivity index (χ0v) is 18.3. The minimum atomic E-state index is -0.917. The molecular formula is C23H29NO6. The first-order chi connectivity index (χ1) is 14.2. The van der Waals surface area contributed by atoms with Crippen molar-refractivity contribution in [2.45, 2.75) is 59.5 Å². The van der Waals surface area contributed by atoms with E-state index >= 15 is 0 Å². The molecule has 4 atom stereocenters. The van der Waals surface area contributed by atoms with E-state index in [2.05, 4.69) is 5.32 Å². The molecule has 0 radical (unpaired) electrons. The van der Waals surface area contributed by atoms with Crippen molar-refractivity contribution in [3.05, 3.63) is 46.2 Å². The van der Waals surface area contributed by atoms with Crippen LogP contribution in [0.15, 0.2) is 39.1 Å². The summed E-state index contributed by atoms with van der Waals surface area (Å²) in [6.07, 6.45) is 0.893. The molecule has 0 fully saturated rings. The lowest BCUT2D eigenvalue weighted by atomic mass is 9.70. The molecule has 2 heterocycles. The summed E-state index contributed by atoms with van der Waals surface area (Å²) in [5.74, 6) is -2.15. The molecule has 1 aromatic heterocycles. The molecule has 1 aliphatic carbocycles. The minimum absolute atomic E-state index is 0.225. The van der Waals surface area contributed by atoms with Gasteiger partial charge in [0.2, 0.25) is 0 Å². The molecule has 7 heteroatoms. The number of allylic oxidation sites excluding steroid dienone is 3. The molecule has 162 valence electrons. The minimum Gasteiger partial charge on any atom is -0.468 e. The van der Waals surface area contributed by atoms with Gasteiger partial charge in [-0.2, -0.15) is 0 Å². The largest absolute Gasteiger partial charge is 0.468 e. The van der Waals surface area contributed by atoms with Crippen molar-refractivity contribution in [2.24, 2.45) is 11.8 Å². The van der Waals surface area contributed by atoms with Crippen LogP contribution in [0.2, 0.25) is 0 Å². The number of furan rings is 1. The number of carbonyl (C=O) groups excluding carboxylic acids is 3. The third-order valence-electron chi connectivity index (χ3n) is 5.89. The zero-order chi connectivity index (χ0) is 22.2. The van der Waals surface area contributed by atoms with Crippen molar-refractivity contribution in [1.29, 1.82) is 0 Å². The molecule has 2 aliphatic rings. The average Bonchev–Trinajstić information content (AvgIpc) is 3.12. The molecule has 1 aliphatic heterocycles. The van der Waals surface area contributed by atoms with E-state index in [0.717, 1.165) is 0 Å². The van der Waals surface area contributed by atoms with Gasteiger partial charge in [-0.05, 0) is 51.7 Å². The highest BCUT2D eigenvalue weighted by atomic mass is 16.5. The standard InChI is InChI=1S/C23H29NO6/c1-7-12(3)30-23(27)18-14(5)24-15-10-11(2)17(22(26)28-6)21(25)19(15)20(18)16-9-8-13(4)29-16/h8-9,11-12,17,20,24H,7,10H2,1-6H3/t11-,12-,17+,20-/m0/s1. The summed E-state index contributed by atoms with van der Waals surface area (Å²) in [5.41, 5.74) is 2.04. The molecule has 0 unspecified atom stereocenters. The van der Waals surface area contributed by atoms with Gasteiger partial charge in [-0.15, -0.1) is 0 Å². The van der Waals surface area contributed by atoms with E-state index in [-0.39, 0.29) is 17.8 Å². The van der Waals surface area contributed by atoms with Crippen molar-refractivity contribution < 1.29 is 28.3 Å². The molecule has 0 amide bonds. The fraction of sp³-hybridized carbons (Fsp3) is 0.522. The van der Waals surface area contributed by atoms with Crippen LogP contribution in [0.5, 0.6) is 0 Å². The maximum absolute atomic E-state index is 13.5. The Bertz CT molecular complexity index is 937. The Hall–Kier alpha value is -2.83. The quantitative estimate of drug-likeness (QED) is 0.580. The molecule has 30 heavy (non-hydrogen) atoms. The second-order valence-corrected chi connectivity index (χ2v) is 8.11. The molecule has 7 nitrogen and oxygen atoms in total. The van der Waals surface area contributed by atoms with E-state index in [1.165, 1.54) is 7.11 Å². The van der Waals surface area contributed by atoms with Crippen LogP contribution in [0.25, 0.3) is 0 Å². The summed E-state index contributed by atoms with van der Waals surface area (Å²) in [5, 5.41) is 3.23. The average molecular weight is 415 g/mol. The Labute approximate surface area is 176 Å². The number of esters is 2. The second-order valence-electron chi connectivity index (χ2n) is 8.11. The number of aryl methyl sites for hydroxylation is 1. The van der Waals surface area contributed by atoms with Gasteiger partial charge in [-0.1, -0.05) is 13.8 Å². The van der Waals surface area contributed by atoms with Crippen LogP contribution in [-0.2, 0) is 23.9 Å². The fourth-order valence-corrected chi connectivity index (χ4v) is 4.17. The van der Waals surface area contributed by atoms with E-state index in [1.807, 2.05) is 20.8 Å². The Morgan fingerprint density at radius 3 is 2.57 bits per heavy atom. The first-order valence-corrected chi connectivity index (χ1v) is 10.3. The molecule has 1 aromatic rings. The van der Waals surface area contributed by atoms with Crippen LogP contribution in [-0.4, -0.2) is 30.9 Å². The first-order valence-electron chi connectivity index (χ1n) is 10.3. The highest BCUT2D eigenvalue weighted by Crippen LogP contribution is 2.45. The maximum atomic E-state index is 13.5. The van der Waals surface area contributed by atoms with E-state index < -0.39 is 23.8 Å². The Balaban J connectivity index is 2.13. The number of carbonyl (C=O) groups is 3. The number of rotatable bonds is 5. The number of dihydropyridines is 1. The van der Waals surface area contributed by atoms with Gasteiger partial charge >= 0.3 is 11.9 Å². The van der Waals surface area contributed by atoms with Crippen molar-refractivity contribution in [1.82, 2.24) is 5.32 Å². The third kappa shape index (κ3) is 3.80. The van der Waals surface area contributed by atoms with Crippen molar-refractivity contribution in [3.63, 3.8) is 0 Å². The molecule has 0 spiro atoms. The number of Topliss-reactive ketones (excluding diaryl/α,β-unsaturated/α-hetero) is 1. The van der Waals surface area contributed by atoms with E-state index in [1.54, 1.807) is 26.0 Å². The van der Waals surface area contributed by atoms with Gasteiger partial charge in [0, 0.05) is 17.0 Å². The van der Waals surface area contributed by atoms with Gasteiger partial charge in [-0.25, -0.2) is 4.79 Å². The summed E-state index contributed by atoms with van der Waals surface area (Å²) in [4.78, 5) is 39.0. The summed E-state index contributed by atoms with van der Waals surface area (Å²) in [7, 11) is 1.28. The van der Waals surface area contributed by atoms with Crippen molar-refractivity contribution in [3.8, 4) is 0 Å². The van der Waals surface area contributed by atoms with Crippen LogP contribution in [0.3, 0.4) is 0 Å². The molecule has 0 saturated carbocycles. The van der Waals surface area contributed by atoms with Gasteiger partial charge < -0.3 is 19.2 Å².